The highest BCUT2D eigenvalue weighted by molar-refractivity contribution is 7.12. The number of rotatable bonds is 7. The number of aryl methyl sites for hydroxylation is 2. The van der Waals surface area contributed by atoms with Crippen LogP contribution in [0.4, 0.5) is 5.69 Å². The van der Waals surface area contributed by atoms with E-state index in [1.54, 1.807) is 22.3 Å². The quantitative estimate of drug-likeness (QED) is 0.361. The molecule has 1 atom stereocenters. The van der Waals surface area contributed by atoms with Crippen molar-refractivity contribution < 1.29 is 9.59 Å². The van der Waals surface area contributed by atoms with Crippen LogP contribution < -0.4 is 10.2 Å². The second kappa shape index (κ2) is 9.94. The first-order valence-electron chi connectivity index (χ1n) is 10.3. The van der Waals surface area contributed by atoms with Crippen molar-refractivity contribution in [3.05, 3.63) is 110 Å². The first kappa shape index (κ1) is 22.0. The van der Waals surface area contributed by atoms with E-state index in [9.17, 15) is 9.59 Å². The lowest BCUT2D eigenvalue weighted by Gasteiger charge is -2.32. The second-order valence-corrected chi connectivity index (χ2v) is 9.53. The van der Waals surface area contributed by atoms with E-state index in [4.69, 9.17) is 0 Å². The molecule has 6 heteroatoms. The van der Waals surface area contributed by atoms with E-state index < -0.39 is 6.04 Å². The Balaban J connectivity index is 1.80. The van der Waals surface area contributed by atoms with Crippen molar-refractivity contribution in [3.63, 3.8) is 0 Å². The molecule has 0 bridgehead atoms. The SMILES string of the molecule is Cc1ccc(C(C(=O)NCc2cccs2)N(C(=O)c2cccs2)c2ccccc2C)cc1. The number of hydrogen-bond donors (Lipinski definition) is 1. The van der Waals surface area contributed by atoms with Gasteiger partial charge in [-0.2, -0.15) is 0 Å². The summed E-state index contributed by atoms with van der Waals surface area (Å²) >= 11 is 2.97. The Morgan fingerprint density at radius 2 is 1.59 bits per heavy atom. The molecule has 2 aromatic heterocycles. The van der Waals surface area contributed by atoms with Crippen LogP contribution in [0.3, 0.4) is 0 Å². The van der Waals surface area contributed by atoms with Crippen LogP contribution >= 0.6 is 22.7 Å². The van der Waals surface area contributed by atoms with Crippen molar-refractivity contribution in [1.29, 1.82) is 0 Å². The molecule has 1 N–H and O–H groups in total. The molecule has 2 amide bonds. The molecule has 2 aromatic carbocycles. The molecular formula is C26H24N2O2S2. The van der Waals surface area contributed by atoms with Gasteiger partial charge in [0.05, 0.1) is 11.4 Å². The monoisotopic (exact) mass is 460 g/mol. The van der Waals surface area contributed by atoms with E-state index in [1.165, 1.54) is 11.3 Å². The maximum atomic E-state index is 13.7. The van der Waals surface area contributed by atoms with Gasteiger partial charge in [0, 0.05) is 10.6 Å². The fourth-order valence-electron chi connectivity index (χ4n) is 3.57. The maximum Gasteiger partial charge on any atom is 0.269 e. The van der Waals surface area contributed by atoms with Crippen LogP contribution in [-0.2, 0) is 11.3 Å². The normalized spacial score (nSPS) is 11.7. The van der Waals surface area contributed by atoms with Gasteiger partial charge in [0.1, 0.15) is 6.04 Å². The van der Waals surface area contributed by atoms with Gasteiger partial charge >= 0.3 is 0 Å². The summed E-state index contributed by atoms with van der Waals surface area (Å²) in [5, 5.41) is 6.91. The van der Waals surface area contributed by atoms with Crippen LogP contribution in [0.25, 0.3) is 0 Å². The lowest BCUT2D eigenvalue weighted by Crippen LogP contribution is -2.44. The van der Waals surface area contributed by atoms with Crippen molar-refractivity contribution >= 4 is 40.2 Å². The number of hydrogen-bond acceptors (Lipinski definition) is 4. The van der Waals surface area contributed by atoms with Gasteiger partial charge in [-0.25, -0.2) is 0 Å². The highest BCUT2D eigenvalue weighted by Gasteiger charge is 2.34. The van der Waals surface area contributed by atoms with E-state index >= 15 is 0 Å². The molecule has 0 aliphatic carbocycles. The molecule has 32 heavy (non-hydrogen) atoms. The van der Waals surface area contributed by atoms with Crippen molar-refractivity contribution in [2.45, 2.75) is 26.4 Å². The van der Waals surface area contributed by atoms with Crippen LogP contribution in [0, 0.1) is 13.8 Å². The molecule has 2 heterocycles. The van der Waals surface area contributed by atoms with Crippen LogP contribution in [0.1, 0.15) is 37.3 Å². The van der Waals surface area contributed by atoms with Crippen LogP contribution in [0.2, 0.25) is 0 Å². The van der Waals surface area contributed by atoms with Gasteiger partial charge in [-0.15, -0.1) is 22.7 Å². The molecule has 0 spiro atoms. The minimum absolute atomic E-state index is 0.189. The van der Waals surface area contributed by atoms with Crippen LogP contribution in [0.15, 0.2) is 83.6 Å². The number of nitrogens with one attached hydrogen (secondary N) is 1. The summed E-state index contributed by atoms with van der Waals surface area (Å²) in [6.07, 6.45) is 0. The number of para-hydroxylation sites is 1. The zero-order chi connectivity index (χ0) is 22.5. The first-order chi connectivity index (χ1) is 15.5. The highest BCUT2D eigenvalue weighted by atomic mass is 32.1. The minimum atomic E-state index is -0.800. The zero-order valence-electron chi connectivity index (χ0n) is 17.9. The third-order valence-electron chi connectivity index (χ3n) is 5.24. The Bertz CT molecular complexity index is 1180. The van der Waals surface area contributed by atoms with E-state index in [2.05, 4.69) is 5.32 Å². The summed E-state index contributed by atoms with van der Waals surface area (Å²) in [7, 11) is 0. The van der Waals surface area contributed by atoms with Gasteiger partial charge in [0.15, 0.2) is 0 Å². The molecule has 0 saturated heterocycles. The summed E-state index contributed by atoms with van der Waals surface area (Å²) in [5.74, 6) is -0.401. The molecule has 0 aliphatic heterocycles. The molecule has 0 aliphatic rings. The topological polar surface area (TPSA) is 49.4 Å². The average Bonchev–Trinajstić information content (AvgIpc) is 3.51. The second-order valence-electron chi connectivity index (χ2n) is 7.55. The molecule has 4 rings (SSSR count). The number of benzene rings is 2. The molecule has 4 aromatic rings. The van der Waals surface area contributed by atoms with Gasteiger partial charge in [-0.3, -0.25) is 14.5 Å². The van der Waals surface area contributed by atoms with Crippen molar-refractivity contribution in [3.8, 4) is 0 Å². The maximum absolute atomic E-state index is 13.7. The Kier molecular flexibility index (Phi) is 6.83. The standard InChI is InChI=1S/C26H24N2O2S2/c1-18-11-13-20(14-12-18)24(25(29)27-17-21-8-5-15-31-21)28(22-9-4-3-7-19(22)2)26(30)23-10-6-16-32-23/h3-16,24H,17H2,1-2H3,(H,27,29). The lowest BCUT2D eigenvalue weighted by molar-refractivity contribution is -0.122. The number of amides is 2. The smallest absolute Gasteiger partial charge is 0.269 e. The largest absolute Gasteiger partial charge is 0.349 e. The van der Waals surface area contributed by atoms with Gasteiger partial charge in [0.2, 0.25) is 5.91 Å². The summed E-state index contributed by atoms with van der Waals surface area (Å²) in [4.78, 5) is 30.7. The molecule has 0 saturated carbocycles. The number of carbonyl (C=O) groups is 2. The third kappa shape index (κ3) is 4.82. The fourth-order valence-corrected chi connectivity index (χ4v) is 4.87. The van der Waals surface area contributed by atoms with Crippen molar-refractivity contribution in [1.82, 2.24) is 5.32 Å². The molecule has 162 valence electrons. The van der Waals surface area contributed by atoms with Gasteiger partial charge in [0.25, 0.3) is 5.91 Å². The number of nitrogens with zero attached hydrogens (tertiary/aromatic N) is 1. The Morgan fingerprint density at radius 3 is 2.25 bits per heavy atom. The van der Waals surface area contributed by atoms with E-state index in [1.807, 2.05) is 91.3 Å². The minimum Gasteiger partial charge on any atom is -0.349 e. The van der Waals surface area contributed by atoms with E-state index in [0.717, 1.165) is 27.3 Å². The molecule has 0 radical (unpaired) electrons. The van der Waals surface area contributed by atoms with Gasteiger partial charge in [-0.05, 0) is 53.9 Å². The summed E-state index contributed by atoms with van der Waals surface area (Å²) in [6.45, 7) is 4.39. The Morgan fingerprint density at radius 1 is 0.875 bits per heavy atom. The first-order valence-corrected chi connectivity index (χ1v) is 12.1. The van der Waals surface area contributed by atoms with Gasteiger partial charge < -0.3 is 5.32 Å². The molecule has 0 fully saturated rings. The van der Waals surface area contributed by atoms with Crippen LogP contribution in [0.5, 0.6) is 0 Å². The number of thiophene rings is 2. The predicted octanol–water partition coefficient (Wildman–Crippen LogP) is 6.13. The average molecular weight is 461 g/mol. The Hall–Kier alpha value is -3.22. The zero-order valence-corrected chi connectivity index (χ0v) is 19.6. The van der Waals surface area contributed by atoms with Crippen molar-refractivity contribution in [2.24, 2.45) is 0 Å². The summed E-state index contributed by atoms with van der Waals surface area (Å²) in [6, 6.07) is 22.3. The highest BCUT2D eigenvalue weighted by Crippen LogP contribution is 2.33. The summed E-state index contributed by atoms with van der Waals surface area (Å²) < 4.78 is 0. The summed E-state index contributed by atoms with van der Waals surface area (Å²) in [5.41, 5.74) is 3.52. The van der Waals surface area contributed by atoms with Crippen molar-refractivity contribution in [2.75, 3.05) is 4.90 Å². The number of anilines is 1. The van der Waals surface area contributed by atoms with E-state index in [0.29, 0.717) is 11.4 Å². The molecular weight excluding hydrogens is 436 g/mol. The number of carbonyl (C=O) groups excluding carboxylic acids is 2. The lowest BCUT2D eigenvalue weighted by atomic mass is 10.0. The van der Waals surface area contributed by atoms with E-state index in [-0.39, 0.29) is 11.8 Å². The Labute approximate surface area is 196 Å². The molecule has 4 nitrogen and oxygen atoms in total. The predicted molar refractivity (Wildman–Crippen MR) is 132 cm³/mol. The fraction of sp³-hybridized carbons (Fsp3) is 0.154. The molecule has 1 unspecified atom stereocenters. The van der Waals surface area contributed by atoms with Gasteiger partial charge in [-0.1, -0.05) is 60.2 Å². The third-order valence-corrected chi connectivity index (χ3v) is 6.98. The van der Waals surface area contributed by atoms with Crippen LogP contribution in [-0.4, -0.2) is 11.8 Å².